The maximum atomic E-state index is 10.7. The van der Waals surface area contributed by atoms with Gasteiger partial charge in [-0.3, -0.25) is 0 Å². The van der Waals surface area contributed by atoms with Crippen molar-refractivity contribution in [2.24, 2.45) is 0 Å². The summed E-state index contributed by atoms with van der Waals surface area (Å²) >= 11 is 5.72. The fourth-order valence-corrected chi connectivity index (χ4v) is 4.30. The zero-order valence-electron chi connectivity index (χ0n) is 18.2. The third-order valence-electron chi connectivity index (χ3n) is 5.83. The summed E-state index contributed by atoms with van der Waals surface area (Å²) in [6.07, 6.45) is -5.15. The van der Waals surface area contributed by atoms with Crippen molar-refractivity contribution >= 4 is 12.2 Å². The first kappa shape index (κ1) is 23.1. The second-order valence-corrected chi connectivity index (χ2v) is 8.36. The smallest absolute Gasteiger partial charge is 0.163 e. The second kappa shape index (κ2) is 9.43. The molecule has 3 N–H and O–H groups in total. The Morgan fingerprint density at radius 3 is 2.27 bits per heavy atom. The normalized spacial score (nSPS) is 22.5. The van der Waals surface area contributed by atoms with E-state index in [2.05, 4.69) is 6.07 Å². The van der Waals surface area contributed by atoms with Crippen LogP contribution in [0.15, 0.2) is 54.6 Å². The molecule has 0 spiro atoms. The predicted octanol–water partition coefficient (Wildman–Crippen LogP) is 3.35. The Bertz CT molecular complexity index is 1250. The molecule has 170 valence electrons. The van der Waals surface area contributed by atoms with E-state index in [0.29, 0.717) is 17.0 Å². The van der Waals surface area contributed by atoms with E-state index < -0.39 is 24.5 Å². The number of nitriles is 1. The van der Waals surface area contributed by atoms with Crippen LogP contribution in [0.1, 0.15) is 17.4 Å². The number of ether oxygens (including phenoxy) is 2. The fraction of sp³-hybridized carbons (Fsp3) is 0.280. The molecule has 0 radical (unpaired) electrons. The lowest BCUT2D eigenvalue weighted by molar-refractivity contribution is -0.210. The van der Waals surface area contributed by atoms with Crippen molar-refractivity contribution < 1.29 is 24.8 Å². The molecule has 0 bridgehead atoms. The number of hydrogen-bond acceptors (Lipinski definition) is 7. The average Bonchev–Trinajstić information content (AvgIpc) is 2.83. The third-order valence-corrected chi connectivity index (χ3v) is 6.23. The van der Waals surface area contributed by atoms with Gasteiger partial charge in [0.15, 0.2) is 6.23 Å². The highest BCUT2D eigenvalue weighted by Gasteiger charge is 2.39. The Morgan fingerprint density at radius 1 is 1.03 bits per heavy atom. The molecule has 0 aliphatic carbocycles. The average molecular weight is 465 g/mol. The zero-order chi connectivity index (χ0) is 23.7. The molecule has 1 saturated heterocycles. The van der Waals surface area contributed by atoms with Gasteiger partial charge in [-0.25, -0.2) is 0 Å². The molecule has 1 aliphatic rings. The lowest BCUT2D eigenvalue weighted by atomic mass is 9.97. The topological polar surface area (TPSA) is 108 Å². The molecule has 4 atom stereocenters. The number of aromatic nitrogens is 1. The minimum Gasteiger partial charge on any atom is -0.497 e. The number of aliphatic hydroxyl groups excluding tert-OH is 3. The van der Waals surface area contributed by atoms with Crippen LogP contribution in [0.4, 0.5) is 0 Å². The molecule has 0 unspecified atom stereocenters. The summed E-state index contributed by atoms with van der Waals surface area (Å²) in [5.74, 6) is 0.687. The van der Waals surface area contributed by atoms with Crippen molar-refractivity contribution in [2.45, 2.75) is 31.5 Å². The van der Waals surface area contributed by atoms with Crippen molar-refractivity contribution in [3.63, 3.8) is 0 Å². The molecular formula is C25H24N2O5S. The first-order valence-electron chi connectivity index (χ1n) is 10.4. The molecule has 1 aliphatic heterocycles. The highest BCUT2D eigenvalue weighted by molar-refractivity contribution is 7.71. The van der Waals surface area contributed by atoms with Crippen molar-refractivity contribution in [3.05, 3.63) is 70.4 Å². The summed E-state index contributed by atoms with van der Waals surface area (Å²) in [6, 6.07) is 19.0. The maximum absolute atomic E-state index is 10.7. The van der Waals surface area contributed by atoms with Crippen LogP contribution in [0.3, 0.4) is 0 Å². The molecule has 3 aromatic rings. The minimum atomic E-state index is -1.44. The number of methoxy groups -OCH3 is 1. The summed E-state index contributed by atoms with van der Waals surface area (Å²) in [4.78, 5) is 0. The molecule has 1 aromatic heterocycles. The van der Waals surface area contributed by atoms with E-state index in [1.807, 2.05) is 49.4 Å². The highest BCUT2D eigenvalue weighted by Crippen LogP contribution is 2.36. The van der Waals surface area contributed by atoms with Crippen LogP contribution in [-0.4, -0.2) is 51.9 Å². The zero-order valence-corrected chi connectivity index (χ0v) is 19.0. The van der Waals surface area contributed by atoms with Crippen LogP contribution >= 0.6 is 12.2 Å². The van der Waals surface area contributed by atoms with E-state index in [1.165, 1.54) is 0 Å². The van der Waals surface area contributed by atoms with Crippen molar-refractivity contribution in [3.8, 4) is 34.2 Å². The van der Waals surface area contributed by atoms with Gasteiger partial charge in [0.1, 0.15) is 34.8 Å². The van der Waals surface area contributed by atoms with E-state index in [1.54, 1.807) is 23.8 Å². The molecule has 7 nitrogen and oxygen atoms in total. The molecule has 0 amide bonds. The number of rotatable bonds is 4. The van der Waals surface area contributed by atoms with Gasteiger partial charge in [0.25, 0.3) is 0 Å². The first-order valence-corrected chi connectivity index (χ1v) is 10.8. The monoisotopic (exact) mass is 464 g/mol. The van der Waals surface area contributed by atoms with Gasteiger partial charge in [-0.15, -0.1) is 0 Å². The van der Waals surface area contributed by atoms with Gasteiger partial charge >= 0.3 is 0 Å². The van der Waals surface area contributed by atoms with Crippen LogP contribution < -0.4 is 4.74 Å². The Kier molecular flexibility index (Phi) is 6.61. The maximum Gasteiger partial charge on any atom is 0.163 e. The van der Waals surface area contributed by atoms with Crippen molar-refractivity contribution in [1.29, 1.82) is 5.26 Å². The standard InChI is InChI=1S/C25H24N2O5S/c1-14-3-5-16(6-4-14)20-11-18(15-7-9-17(31-2)10-8-15)19(12-26)25(33)27(20)24-23(30)22(29)21(28)13-32-24/h3-11,21-24,28-30H,13H2,1-2H3/t21-,22-,23+,24+/m0/s1. The van der Waals surface area contributed by atoms with Crippen LogP contribution in [0.5, 0.6) is 5.75 Å². The van der Waals surface area contributed by atoms with E-state index in [-0.39, 0.29) is 16.8 Å². The van der Waals surface area contributed by atoms with Gasteiger partial charge in [-0.1, -0.05) is 54.2 Å². The summed E-state index contributed by atoms with van der Waals surface area (Å²) in [6.45, 7) is 1.80. The number of hydrogen-bond donors (Lipinski definition) is 3. The van der Waals surface area contributed by atoms with Crippen molar-refractivity contribution in [2.75, 3.05) is 13.7 Å². The van der Waals surface area contributed by atoms with Gasteiger partial charge in [-0.05, 0) is 36.2 Å². The summed E-state index contributed by atoms with van der Waals surface area (Å²) in [7, 11) is 1.58. The Balaban J connectivity index is 1.98. The fourth-order valence-electron chi connectivity index (χ4n) is 3.95. The third kappa shape index (κ3) is 4.29. The van der Waals surface area contributed by atoms with Crippen molar-refractivity contribution in [1.82, 2.24) is 4.57 Å². The SMILES string of the molecule is COc1ccc(-c2cc(-c3ccc(C)cc3)n([C@@H]3OC[C@H](O)[C@H](O)[C@H]3O)c(=S)c2C#N)cc1. The lowest BCUT2D eigenvalue weighted by Crippen LogP contribution is -2.51. The Labute approximate surface area is 196 Å². The van der Waals surface area contributed by atoms with Gasteiger partial charge in [0.2, 0.25) is 0 Å². The molecule has 1 fully saturated rings. The van der Waals surface area contributed by atoms with E-state index in [9.17, 15) is 20.6 Å². The molecule has 0 saturated carbocycles. The number of nitrogens with zero attached hydrogens (tertiary/aromatic N) is 2. The van der Waals surface area contributed by atoms with E-state index in [4.69, 9.17) is 21.7 Å². The summed E-state index contributed by atoms with van der Waals surface area (Å²) < 4.78 is 12.7. The largest absolute Gasteiger partial charge is 0.497 e. The first-order chi connectivity index (χ1) is 15.8. The van der Waals surface area contributed by atoms with E-state index in [0.717, 1.165) is 16.7 Å². The Morgan fingerprint density at radius 2 is 1.67 bits per heavy atom. The molecule has 33 heavy (non-hydrogen) atoms. The van der Waals surface area contributed by atoms with Gasteiger partial charge in [0, 0.05) is 5.56 Å². The number of benzene rings is 2. The van der Waals surface area contributed by atoms with Gasteiger partial charge in [0.05, 0.1) is 25.0 Å². The Hall–Kier alpha value is -3.06. The molecule has 4 rings (SSSR count). The second-order valence-electron chi connectivity index (χ2n) is 7.97. The number of pyridine rings is 1. The van der Waals surface area contributed by atoms with Crippen LogP contribution in [-0.2, 0) is 4.74 Å². The van der Waals surface area contributed by atoms with Gasteiger partial charge < -0.3 is 29.4 Å². The summed E-state index contributed by atoms with van der Waals surface area (Å²) in [5.41, 5.74) is 4.12. The highest BCUT2D eigenvalue weighted by atomic mass is 32.1. The van der Waals surface area contributed by atoms with Crippen LogP contribution in [0.2, 0.25) is 0 Å². The number of aliphatic hydroxyl groups is 3. The predicted molar refractivity (Wildman–Crippen MR) is 125 cm³/mol. The van der Waals surface area contributed by atoms with Gasteiger partial charge in [-0.2, -0.15) is 5.26 Å². The molecule has 2 aromatic carbocycles. The van der Waals surface area contributed by atoms with E-state index >= 15 is 0 Å². The lowest BCUT2D eigenvalue weighted by Gasteiger charge is -2.37. The van der Waals surface area contributed by atoms with Crippen LogP contribution in [0.25, 0.3) is 22.4 Å². The summed E-state index contributed by atoms with van der Waals surface area (Å²) in [5, 5.41) is 40.9. The molecule has 2 heterocycles. The molecule has 8 heteroatoms. The van der Waals surface area contributed by atoms with Crippen LogP contribution in [0, 0.1) is 22.9 Å². The minimum absolute atomic E-state index is 0.161. The molecular weight excluding hydrogens is 440 g/mol. The number of aryl methyl sites for hydroxylation is 1. The quantitative estimate of drug-likeness (QED) is 0.508.